The third-order valence-electron chi connectivity index (χ3n) is 9.07. The number of aliphatic hydroxyl groups excluding tert-OH is 1. The van der Waals surface area contributed by atoms with Crippen molar-refractivity contribution in [3.63, 3.8) is 0 Å². The van der Waals surface area contributed by atoms with E-state index >= 15 is 0 Å². The van der Waals surface area contributed by atoms with Gasteiger partial charge in [-0.2, -0.15) is 10.2 Å². The number of methoxy groups -OCH3 is 1. The van der Waals surface area contributed by atoms with Crippen LogP contribution in [0.3, 0.4) is 0 Å². The van der Waals surface area contributed by atoms with Crippen molar-refractivity contribution in [1.29, 1.82) is 0 Å². The number of esters is 1. The number of ether oxygens (including phenoxy) is 1. The molecule has 262 valence electrons. The number of phenolic OH excluding ortho intramolecular Hbond substituents is 1. The maximum absolute atomic E-state index is 13.0. The van der Waals surface area contributed by atoms with E-state index in [1.807, 2.05) is 72.7 Å². The molecule has 6 aromatic rings. The molecule has 0 amide bonds. The van der Waals surface area contributed by atoms with Gasteiger partial charge in [0.15, 0.2) is 0 Å². The van der Waals surface area contributed by atoms with Gasteiger partial charge in [-0.05, 0) is 68.8 Å². The first-order valence-corrected chi connectivity index (χ1v) is 19.1. The molecule has 3 aromatic carbocycles. The van der Waals surface area contributed by atoms with Gasteiger partial charge in [0.05, 0.1) is 29.0 Å². The second-order valence-electron chi connectivity index (χ2n) is 12.7. The summed E-state index contributed by atoms with van der Waals surface area (Å²) in [6.45, 7) is 6.33. The molecule has 6 rings (SSSR count). The van der Waals surface area contributed by atoms with E-state index in [9.17, 15) is 15.0 Å². The van der Waals surface area contributed by atoms with Crippen LogP contribution >= 0.6 is 35.1 Å². The predicted molar refractivity (Wildman–Crippen MR) is 204 cm³/mol. The molecule has 0 spiro atoms. The number of rotatable bonds is 13. The van der Waals surface area contributed by atoms with Crippen molar-refractivity contribution >= 4 is 62.8 Å². The lowest BCUT2D eigenvalue weighted by molar-refractivity contribution is 0.0589. The van der Waals surface area contributed by atoms with Crippen LogP contribution in [-0.4, -0.2) is 54.0 Å². The number of benzene rings is 3. The average Bonchev–Trinajstić information content (AvgIpc) is 3.73. The van der Waals surface area contributed by atoms with Gasteiger partial charge in [-0.3, -0.25) is 9.36 Å². The molecule has 0 unspecified atom stereocenters. The molecule has 0 aliphatic carbocycles. The highest BCUT2D eigenvalue weighted by Crippen LogP contribution is 2.43. The maximum Gasteiger partial charge on any atom is 0.354 e. The number of hydrogen-bond donors (Lipinski definition) is 2. The zero-order chi connectivity index (χ0) is 35.7. The molecule has 0 bridgehead atoms. The molecule has 2 N–H and O–H groups in total. The monoisotopic (exact) mass is 731 g/mol. The summed E-state index contributed by atoms with van der Waals surface area (Å²) in [5, 5.41) is 33.4. The lowest BCUT2D eigenvalue weighted by Crippen LogP contribution is -2.10. The summed E-state index contributed by atoms with van der Waals surface area (Å²) >= 11 is 10.4. The molecule has 3 heterocycles. The number of carbonyl (C=O) groups excluding carboxylic acids is 1. The minimum atomic E-state index is -0.425. The number of hydrogen-bond acceptors (Lipinski definition) is 8. The first kappa shape index (κ1) is 35.9. The zero-order valence-electron chi connectivity index (χ0n) is 29.2. The number of halogens is 1. The quantitative estimate of drug-likeness (QED) is 0.0899. The minimum Gasteiger partial charge on any atom is -0.507 e. The van der Waals surface area contributed by atoms with E-state index < -0.39 is 5.97 Å². The predicted octanol–water partition coefficient (Wildman–Crippen LogP) is 8.61. The van der Waals surface area contributed by atoms with E-state index in [-0.39, 0.29) is 12.6 Å². The number of aliphatic hydroxyl groups is 1. The number of aromatic nitrogens is 5. The fourth-order valence-corrected chi connectivity index (χ4v) is 8.71. The van der Waals surface area contributed by atoms with Crippen LogP contribution in [0.4, 0.5) is 0 Å². The molecular formula is C38H42ClN5O4S2. The second kappa shape index (κ2) is 15.1. The Morgan fingerprint density at radius 2 is 1.78 bits per heavy atom. The van der Waals surface area contributed by atoms with E-state index in [4.69, 9.17) is 26.5 Å². The Balaban J connectivity index is 1.27. The van der Waals surface area contributed by atoms with Crippen molar-refractivity contribution in [3.8, 4) is 16.9 Å². The molecule has 0 atom stereocenters. The summed E-state index contributed by atoms with van der Waals surface area (Å²) in [6, 6.07) is 18.0. The van der Waals surface area contributed by atoms with Gasteiger partial charge in [0.25, 0.3) is 0 Å². The highest BCUT2D eigenvalue weighted by Gasteiger charge is 2.27. The van der Waals surface area contributed by atoms with Gasteiger partial charge in [-0.15, -0.1) is 23.5 Å². The zero-order valence-corrected chi connectivity index (χ0v) is 31.5. The van der Waals surface area contributed by atoms with E-state index in [1.54, 1.807) is 23.5 Å². The largest absolute Gasteiger partial charge is 0.507 e. The molecule has 0 aliphatic rings. The number of nitrogens with zero attached hydrogens (tertiary/aromatic N) is 5. The number of phenols is 1. The van der Waals surface area contributed by atoms with E-state index in [2.05, 4.69) is 30.7 Å². The van der Waals surface area contributed by atoms with Crippen molar-refractivity contribution < 1.29 is 19.7 Å². The number of carbonyl (C=O) groups is 1. The summed E-state index contributed by atoms with van der Waals surface area (Å²) in [5.74, 6) is 1.92. The van der Waals surface area contributed by atoms with Crippen LogP contribution in [0.2, 0.25) is 5.02 Å². The van der Waals surface area contributed by atoms with Gasteiger partial charge in [0, 0.05) is 82.2 Å². The minimum absolute atomic E-state index is 0.0191. The average molecular weight is 732 g/mol. The molecule has 50 heavy (non-hydrogen) atoms. The van der Waals surface area contributed by atoms with Crippen molar-refractivity contribution in [1.82, 2.24) is 24.1 Å². The van der Waals surface area contributed by atoms with Crippen LogP contribution < -0.4 is 0 Å². The summed E-state index contributed by atoms with van der Waals surface area (Å²) in [5.41, 5.74) is 7.91. The highest BCUT2D eigenvalue weighted by atomic mass is 35.5. The normalized spacial score (nSPS) is 11.8. The lowest BCUT2D eigenvalue weighted by atomic mass is 9.98. The topological polar surface area (TPSA) is 107 Å². The van der Waals surface area contributed by atoms with Crippen molar-refractivity contribution in [2.45, 2.75) is 61.8 Å². The first-order valence-electron chi connectivity index (χ1n) is 16.5. The first-order chi connectivity index (χ1) is 24.0. The Kier molecular flexibility index (Phi) is 10.9. The van der Waals surface area contributed by atoms with Crippen LogP contribution in [0.25, 0.3) is 32.8 Å². The van der Waals surface area contributed by atoms with Crippen LogP contribution in [-0.2, 0) is 42.5 Å². The van der Waals surface area contributed by atoms with Crippen molar-refractivity contribution in [2.24, 2.45) is 14.1 Å². The standard InChI is InChI=1S/C38H42ClN5O4S2/c1-22(2)44-26(20-50-27-16-24-10-7-8-11-28(24)33(46)18-27)17-25(40-44)19-49-21-32-34(23(3)43(5)41-32)35-31(39)14-13-30-29(12-9-15-45)37(38(47)48-6)42(4)36(30)35/h7-8,10-11,13-14,16-18,22,45-46H,9,12,15,19-21H2,1-6H3. The molecule has 9 nitrogen and oxygen atoms in total. The summed E-state index contributed by atoms with van der Waals surface area (Å²) < 4.78 is 11.0. The molecule has 0 fully saturated rings. The molecule has 0 aliphatic heterocycles. The highest BCUT2D eigenvalue weighted by molar-refractivity contribution is 7.98. The number of thioether (sulfide) groups is 2. The maximum atomic E-state index is 13.0. The van der Waals surface area contributed by atoms with Crippen LogP contribution in [0.15, 0.2) is 59.5 Å². The fourth-order valence-electron chi connectivity index (χ4n) is 6.68. The molecule has 0 radical (unpaired) electrons. The SMILES string of the molecule is COC(=O)c1c(CCCO)c2ccc(Cl)c(-c3c(CSCc4cc(CSc5cc(O)c6ccccc6c5)n(C(C)C)n4)nn(C)c3C)c2n1C. The van der Waals surface area contributed by atoms with Gasteiger partial charge in [-0.25, -0.2) is 4.79 Å². The molecular weight excluding hydrogens is 690 g/mol. The third kappa shape index (κ3) is 6.88. The van der Waals surface area contributed by atoms with Crippen molar-refractivity contribution in [2.75, 3.05) is 13.7 Å². The van der Waals surface area contributed by atoms with Gasteiger partial charge >= 0.3 is 5.97 Å². The third-order valence-corrected chi connectivity index (χ3v) is 11.4. The van der Waals surface area contributed by atoms with Gasteiger partial charge in [-0.1, -0.05) is 41.9 Å². The van der Waals surface area contributed by atoms with Gasteiger partial charge < -0.3 is 19.5 Å². The molecule has 12 heteroatoms. The Morgan fingerprint density at radius 3 is 2.52 bits per heavy atom. The second-order valence-corrected chi connectivity index (χ2v) is 15.1. The van der Waals surface area contributed by atoms with Crippen LogP contribution in [0.1, 0.15) is 65.1 Å². The molecule has 0 saturated carbocycles. The number of aromatic hydroxyl groups is 1. The Labute approximate surface area is 305 Å². The Hall–Kier alpha value is -3.90. The van der Waals surface area contributed by atoms with Crippen LogP contribution in [0, 0.1) is 6.92 Å². The van der Waals surface area contributed by atoms with Gasteiger partial charge in [0.2, 0.25) is 0 Å². The summed E-state index contributed by atoms with van der Waals surface area (Å²) in [4.78, 5) is 14.0. The summed E-state index contributed by atoms with van der Waals surface area (Å²) in [7, 11) is 5.18. The number of aryl methyl sites for hydroxylation is 3. The number of fused-ring (bicyclic) bond motifs is 2. The van der Waals surface area contributed by atoms with Gasteiger partial charge in [0.1, 0.15) is 11.4 Å². The smallest absolute Gasteiger partial charge is 0.354 e. The lowest BCUT2D eigenvalue weighted by Gasteiger charge is -2.12. The summed E-state index contributed by atoms with van der Waals surface area (Å²) in [6.07, 6.45) is 1.05. The van der Waals surface area contributed by atoms with Crippen LogP contribution in [0.5, 0.6) is 5.75 Å². The Morgan fingerprint density at radius 1 is 1.00 bits per heavy atom. The van der Waals surface area contributed by atoms with E-state index in [0.29, 0.717) is 40.8 Å². The van der Waals surface area contributed by atoms with Crippen molar-refractivity contribution in [3.05, 3.63) is 93.7 Å². The fraction of sp³-hybridized carbons (Fsp3) is 0.342. The Bertz CT molecular complexity index is 2200. The van der Waals surface area contributed by atoms with E-state index in [1.165, 1.54) is 7.11 Å². The van der Waals surface area contributed by atoms with E-state index in [0.717, 1.165) is 71.8 Å². The molecule has 3 aromatic heterocycles. The molecule has 0 saturated heterocycles.